The fourth-order valence-corrected chi connectivity index (χ4v) is 4.10. The van der Waals surface area contributed by atoms with Gasteiger partial charge in [0.05, 0.1) is 25.1 Å². The molecule has 0 radical (unpaired) electrons. The lowest BCUT2D eigenvalue weighted by Gasteiger charge is -2.38. The van der Waals surface area contributed by atoms with Gasteiger partial charge in [0.25, 0.3) is 0 Å². The van der Waals surface area contributed by atoms with E-state index in [0.717, 1.165) is 16.8 Å². The fourth-order valence-electron chi connectivity index (χ4n) is 4.10. The first-order valence-electron chi connectivity index (χ1n) is 10.0. The normalized spacial score (nSPS) is 19.9. The predicted molar refractivity (Wildman–Crippen MR) is 109 cm³/mol. The van der Waals surface area contributed by atoms with Crippen molar-refractivity contribution in [1.82, 2.24) is 9.88 Å². The van der Waals surface area contributed by atoms with Gasteiger partial charge in [0.2, 0.25) is 5.91 Å². The van der Waals surface area contributed by atoms with Gasteiger partial charge in [0.1, 0.15) is 11.4 Å². The molecule has 29 heavy (non-hydrogen) atoms. The van der Waals surface area contributed by atoms with E-state index < -0.39 is 11.7 Å². The van der Waals surface area contributed by atoms with Crippen LogP contribution in [0.2, 0.25) is 0 Å². The maximum Gasteiger partial charge on any atom is 0.224 e. The van der Waals surface area contributed by atoms with Crippen molar-refractivity contribution in [3.05, 3.63) is 53.3 Å². The second-order valence-corrected chi connectivity index (χ2v) is 7.90. The Balaban J connectivity index is 1.36. The molecule has 2 aliphatic heterocycles. The van der Waals surface area contributed by atoms with Crippen molar-refractivity contribution in [3.63, 3.8) is 0 Å². The molecule has 1 saturated heterocycles. The third-order valence-corrected chi connectivity index (χ3v) is 5.97. The number of hydrogen-bond donors (Lipinski definition) is 3. The van der Waals surface area contributed by atoms with Crippen molar-refractivity contribution in [2.24, 2.45) is 0 Å². The number of nitrogens with zero attached hydrogens (tertiary/aromatic N) is 2. The lowest BCUT2D eigenvalue weighted by Crippen LogP contribution is -2.44. The quantitative estimate of drug-likeness (QED) is 0.714. The average molecular weight is 397 g/mol. The number of β-amino-alcohol motifs (C(OH)–C–C–N with tert-alkyl or cyclic N) is 1. The number of pyridine rings is 1. The highest BCUT2D eigenvalue weighted by Crippen LogP contribution is 2.33. The molecule has 0 bridgehead atoms. The first kappa shape index (κ1) is 19.8. The summed E-state index contributed by atoms with van der Waals surface area (Å²) in [6.07, 6.45) is 3.33. The van der Waals surface area contributed by atoms with E-state index >= 15 is 0 Å². The number of benzene rings is 1. The number of ether oxygens (including phenoxy) is 1. The van der Waals surface area contributed by atoms with Crippen molar-refractivity contribution < 1.29 is 19.7 Å². The molecule has 1 unspecified atom stereocenters. The van der Waals surface area contributed by atoms with Crippen LogP contribution in [0, 0.1) is 0 Å². The van der Waals surface area contributed by atoms with Gasteiger partial charge in [-0.15, -0.1) is 0 Å². The zero-order valence-corrected chi connectivity index (χ0v) is 16.6. The highest BCUT2D eigenvalue weighted by atomic mass is 16.5. The molecule has 0 aliphatic carbocycles. The van der Waals surface area contributed by atoms with Crippen LogP contribution in [0.4, 0.5) is 5.69 Å². The summed E-state index contributed by atoms with van der Waals surface area (Å²) >= 11 is 0. The van der Waals surface area contributed by atoms with Crippen LogP contribution in [-0.4, -0.2) is 52.7 Å². The molecule has 0 saturated carbocycles. The number of aromatic nitrogens is 1. The summed E-state index contributed by atoms with van der Waals surface area (Å²) in [6, 6.07) is 9.36. The van der Waals surface area contributed by atoms with Gasteiger partial charge in [-0.2, -0.15) is 0 Å². The number of likely N-dealkylation sites (tertiary alicyclic amines) is 1. The highest BCUT2D eigenvalue weighted by Gasteiger charge is 2.35. The Kier molecular flexibility index (Phi) is 5.54. The summed E-state index contributed by atoms with van der Waals surface area (Å²) in [5.41, 5.74) is 2.48. The molecule has 0 spiro atoms. The minimum absolute atomic E-state index is 0.0398. The Morgan fingerprint density at radius 1 is 1.24 bits per heavy atom. The summed E-state index contributed by atoms with van der Waals surface area (Å²) in [7, 11) is 1.59. The van der Waals surface area contributed by atoms with Gasteiger partial charge >= 0.3 is 0 Å². The summed E-state index contributed by atoms with van der Waals surface area (Å²) < 4.78 is 5.13. The smallest absolute Gasteiger partial charge is 0.224 e. The minimum atomic E-state index is -0.947. The molecule has 2 aliphatic rings. The Bertz CT molecular complexity index is 876. The number of aryl methyl sites for hydroxylation is 1. The first-order valence-corrected chi connectivity index (χ1v) is 10.0. The van der Waals surface area contributed by atoms with E-state index in [9.17, 15) is 15.0 Å². The van der Waals surface area contributed by atoms with Crippen molar-refractivity contribution in [2.45, 2.75) is 37.4 Å². The van der Waals surface area contributed by atoms with Crippen molar-refractivity contribution in [3.8, 4) is 5.75 Å². The van der Waals surface area contributed by atoms with E-state index in [-0.39, 0.29) is 5.91 Å². The van der Waals surface area contributed by atoms with Gasteiger partial charge in [0, 0.05) is 31.7 Å². The molecule has 1 atom stereocenters. The molecule has 1 aromatic heterocycles. The minimum Gasteiger partial charge on any atom is -0.495 e. The number of rotatable bonds is 5. The number of carbonyl (C=O) groups excluding carboxylic acids is 1. The van der Waals surface area contributed by atoms with E-state index in [2.05, 4.69) is 15.2 Å². The Morgan fingerprint density at radius 2 is 2.03 bits per heavy atom. The number of piperidine rings is 1. The molecule has 4 rings (SSSR count). The lowest BCUT2D eigenvalue weighted by molar-refractivity contribution is -0.116. The molecule has 1 fully saturated rings. The monoisotopic (exact) mass is 397 g/mol. The number of nitrogens with one attached hydrogen (secondary N) is 1. The number of aliphatic hydroxyl groups excluding tert-OH is 1. The average Bonchev–Trinajstić information content (AvgIpc) is 2.75. The van der Waals surface area contributed by atoms with Crippen LogP contribution in [0.15, 0.2) is 36.5 Å². The topological polar surface area (TPSA) is 94.9 Å². The number of hydrogen-bond acceptors (Lipinski definition) is 6. The van der Waals surface area contributed by atoms with Crippen LogP contribution in [0.5, 0.6) is 5.75 Å². The Labute approximate surface area is 170 Å². The summed E-state index contributed by atoms with van der Waals surface area (Å²) in [5.74, 6) is 0.709. The van der Waals surface area contributed by atoms with E-state index in [1.165, 1.54) is 0 Å². The SMILES string of the molecule is COc1ccc(C2(O)CCN(CC(O)c3ccc4c(c3)CCC(=O)N4)CC2)nc1. The van der Waals surface area contributed by atoms with Gasteiger partial charge in [0.15, 0.2) is 0 Å². The molecule has 1 amide bonds. The van der Waals surface area contributed by atoms with Gasteiger partial charge in [-0.05, 0) is 48.6 Å². The summed E-state index contributed by atoms with van der Waals surface area (Å²) in [5, 5.41) is 24.6. The van der Waals surface area contributed by atoms with Crippen LogP contribution >= 0.6 is 0 Å². The fraction of sp³-hybridized carbons (Fsp3) is 0.455. The van der Waals surface area contributed by atoms with Crippen LogP contribution in [0.25, 0.3) is 0 Å². The Morgan fingerprint density at radius 3 is 2.72 bits per heavy atom. The molecule has 7 heteroatoms. The van der Waals surface area contributed by atoms with Gasteiger partial charge in [-0.1, -0.05) is 12.1 Å². The molecule has 3 N–H and O–H groups in total. The van der Waals surface area contributed by atoms with Crippen LogP contribution in [0.1, 0.15) is 42.2 Å². The maximum atomic E-state index is 11.5. The van der Waals surface area contributed by atoms with E-state index in [4.69, 9.17) is 4.74 Å². The molecule has 2 aromatic rings. The number of anilines is 1. The number of methoxy groups -OCH3 is 1. The number of amides is 1. The third-order valence-electron chi connectivity index (χ3n) is 5.97. The van der Waals surface area contributed by atoms with E-state index in [0.29, 0.717) is 56.8 Å². The summed E-state index contributed by atoms with van der Waals surface area (Å²) in [4.78, 5) is 18.0. The van der Waals surface area contributed by atoms with Gasteiger partial charge < -0.3 is 25.2 Å². The molecular weight excluding hydrogens is 370 g/mol. The maximum absolute atomic E-state index is 11.5. The van der Waals surface area contributed by atoms with Gasteiger partial charge in [-0.25, -0.2) is 0 Å². The largest absolute Gasteiger partial charge is 0.495 e. The van der Waals surface area contributed by atoms with Crippen LogP contribution in [0.3, 0.4) is 0 Å². The standard InChI is InChI=1S/C22H27N3O4/c1-29-17-4-6-20(23-13-17)22(28)8-10-25(11-9-22)14-19(26)16-2-5-18-15(12-16)3-7-21(27)24-18/h2,4-6,12-13,19,26,28H,3,7-11,14H2,1H3,(H,24,27). The van der Waals surface area contributed by atoms with Crippen LogP contribution < -0.4 is 10.1 Å². The van der Waals surface area contributed by atoms with Crippen molar-refractivity contribution in [1.29, 1.82) is 0 Å². The molecular formula is C22H27N3O4. The third kappa shape index (κ3) is 4.27. The zero-order chi connectivity index (χ0) is 20.4. The molecule has 154 valence electrons. The van der Waals surface area contributed by atoms with Gasteiger partial charge in [-0.3, -0.25) is 9.78 Å². The van der Waals surface area contributed by atoms with Crippen molar-refractivity contribution in [2.75, 3.05) is 32.1 Å². The number of aliphatic hydroxyl groups is 2. The summed E-state index contributed by atoms with van der Waals surface area (Å²) in [6.45, 7) is 1.88. The van der Waals surface area contributed by atoms with E-state index in [1.807, 2.05) is 30.3 Å². The number of fused-ring (bicyclic) bond motifs is 1. The predicted octanol–water partition coefficient (Wildman–Crippen LogP) is 1.99. The number of carbonyl (C=O) groups is 1. The second-order valence-electron chi connectivity index (χ2n) is 7.90. The second kappa shape index (κ2) is 8.10. The Hall–Kier alpha value is -2.48. The molecule has 1 aromatic carbocycles. The first-order chi connectivity index (χ1) is 14.0. The molecule has 7 nitrogen and oxygen atoms in total. The molecule has 3 heterocycles. The van der Waals surface area contributed by atoms with Crippen molar-refractivity contribution >= 4 is 11.6 Å². The van der Waals surface area contributed by atoms with Crippen LogP contribution in [-0.2, 0) is 16.8 Å². The van der Waals surface area contributed by atoms with E-state index in [1.54, 1.807) is 13.3 Å². The zero-order valence-electron chi connectivity index (χ0n) is 16.6. The lowest BCUT2D eigenvalue weighted by atomic mass is 9.87. The highest BCUT2D eigenvalue weighted by molar-refractivity contribution is 5.93.